The number of anilines is 1. The van der Waals surface area contributed by atoms with Crippen LogP contribution in [0, 0.1) is 6.92 Å². The topological polar surface area (TPSA) is 64.6 Å². The van der Waals surface area contributed by atoms with E-state index in [1.807, 2.05) is 13.0 Å². The van der Waals surface area contributed by atoms with Gasteiger partial charge in [0.05, 0.1) is 18.4 Å². The summed E-state index contributed by atoms with van der Waals surface area (Å²) in [5, 5.41) is 2.63. The third-order valence-electron chi connectivity index (χ3n) is 3.92. The van der Waals surface area contributed by atoms with Crippen molar-refractivity contribution in [1.82, 2.24) is 0 Å². The quantitative estimate of drug-likeness (QED) is 0.561. The van der Waals surface area contributed by atoms with Crippen molar-refractivity contribution in [2.75, 3.05) is 12.4 Å². The van der Waals surface area contributed by atoms with Gasteiger partial charge in [-0.1, -0.05) is 18.2 Å². The van der Waals surface area contributed by atoms with Gasteiger partial charge in [-0.2, -0.15) is 13.2 Å². The third-order valence-corrected chi connectivity index (χ3v) is 3.92. The number of halogens is 3. The van der Waals surface area contributed by atoms with Crippen LogP contribution < -0.4 is 10.1 Å². The van der Waals surface area contributed by atoms with Crippen LogP contribution in [0.15, 0.2) is 48.5 Å². The van der Waals surface area contributed by atoms with Gasteiger partial charge in [0, 0.05) is 6.08 Å². The van der Waals surface area contributed by atoms with E-state index in [4.69, 9.17) is 9.47 Å². The molecular weight excluding hydrogens is 387 g/mol. The SMILES string of the molecule is COc1ccc(C)cc1NC(=O)C(C)OC(=O)/C=C/c1ccc(C(F)(F)F)cc1. The number of benzene rings is 2. The fourth-order valence-electron chi connectivity index (χ4n) is 2.37. The molecule has 0 saturated carbocycles. The molecule has 0 radical (unpaired) electrons. The number of rotatable bonds is 6. The van der Waals surface area contributed by atoms with E-state index in [-0.39, 0.29) is 0 Å². The summed E-state index contributed by atoms with van der Waals surface area (Å²) >= 11 is 0. The molecule has 0 heterocycles. The molecule has 1 N–H and O–H groups in total. The number of methoxy groups -OCH3 is 1. The first-order valence-electron chi connectivity index (χ1n) is 8.61. The van der Waals surface area contributed by atoms with Crippen LogP contribution in [-0.2, 0) is 20.5 Å². The lowest BCUT2D eigenvalue weighted by Crippen LogP contribution is -2.29. The smallest absolute Gasteiger partial charge is 0.416 e. The molecule has 5 nitrogen and oxygen atoms in total. The molecule has 0 bridgehead atoms. The molecule has 0 aliphatic heterocycles. The first-order valence-corrected chi connectivity index (χ1v) is 8.61. The number of hydrogen-bond acceptors (Lipinski definition) is 4. The van der Waals surface area contributed by atoms with Gasteiger partial charge in [-0.3, -0.25) is 4.79 Å². The Labute approximate surface area is 166 Å². The van der Waals surface area contributed by atoms with Crippen LogP contribution in [0.1, 0.15) is 23.6 Å². The van der Waals surface area contributed by atoms with Crippen LogP contribution in [0.4, 0.5) is 18.9 Å². The van der Waals surface area contributed by atoms with E-state index in [0.717, 1.165) is 23.8 Å². The van der Waals surface area contributed by atoms with Gasteiger partial charge >= 0.3 is 12.1 Å². The number of aryl methyl sites for hydroxylation is 1. The Balaban J connectivity index is 1.95. The Morgan fingerprint density at radius 3 is 2.34 bits per heavy atom. The molecule has 0 saturated heterocycles. The zero-order valence-corrected chi connectivity index (χ0v) is 16.0. The summed E-state index contributed by atoms with van der Waals surface area (Å²) in [7, 11) is 1.47. The molecule has 1 amide bonds. The normalized spacial score (nSPS) is 12.5. The second-order valence-electron chi connectivity index (χ2n) is 6.23. The molecule has 8 heteroatoms. The molecule has 0 aliphatic rings. The Kier molecular flexibility index (Phi) is 7.03. The number of ether oxygens (including phenoxy) is 2. The number of hydrogen-bond donors (Lipinski definition) is 1. The Morgan fingerprint density at radius 1 is 1.10 bits per heavy atom. The summed E-state index contributed by atoms with van der Waals surface area (Å²) in [6.07, 6.45) is -3.18. The maximum atomic E-state index is 12.5. The standard InChI is InChI=1S/C21H20F3NO4/c1-13-4-10-18(28-3)17(12-13)25-20(27)14(2)29-19(26)11-7-15-5-8-16(9-6-15)21(22,23)24/h4-12,14H,1-3H3,(H,25,27)/b11-7+. The van der Waals surface area contributed by atoms with Gasteiger partial charge in [-0.25, -0.2) is 4.79 Å². The highest BCUT2D eigenvalue weighted by molar-refractivity contribution is 5.97. The van der Waals surface area contributed by atoms with E-state index in [1.165, 1.54) is 32.2 Å². The van der Waals surface area contributed by atoms with Crippen molar-refractivity contribution in [3.63, 3.8) is 0 Å². The van der Waals surface area contributed by atoms with Gasteiger partial charge in [0.2, 0.25) is 0 Å². The maximum Gasteiger partial charge on any atom is 0.416 e. The van der Waals surface area contributed by atoms with Crippen molar-refractivity contribution in [2.24, 2.45) is 0 Å². The van der Waals surface area contributed by atoms with E-state index >= 15 is 0 Å². The zero-order valence-electron chi connectivity index (χ0n) is 16.0. The fourth-order valence-corrected chi connectivity index (χ4v) is 2.37. The zero-order chi connectivity index (χ0) is 21.6. The molecule has 0 spiro atoms. The molecule has 1 unspecified atom stereocenters. The van der Waals surface area contributed by atoms with Crippen molar-refractivity contribution in [2.45, 2.75) is 26.1 Å². The van der Waals surface area contributed by atoms with Gasteiger partial charge < -0.3 is 14.8 Å². The minimum absolute atomic E-state index is 0.386. The Bertz CT molecular complexity index is 905. The van der Waals surface area contributed by atoms with Gasteiger partial charge in [-0.05, 0) is 55.3 Å². The second kappa shape index (κ2) is 9.27. The molecule has 0 aliphatic carbocycles. The van der Waals surface area contributed by atoms with Crippen LogP contribution in [0.25, 0.3) is 6.08 Å². The third kappa shape index (κ3) is 6.38. The summed E-state index contributed by atoms with van der Waals surface area (Å²) in [5.41, 5.74) is 0.955. The van der Waals surface area contributed by atoms with Crippen molar-refractivity contribution >= 4 is 23.6 Å². The molecule has 1 atom stereocenters. The van der Waals surface area contributed by atoms with Crippen molar-refractivity contribution in [1.29, 1.82) is 0 Å². The van der Waals surface area contributed by atoms with E-state index in [1.54, 1.807) is 12.1 Å². The largest absolute Gasteiger partial charge is 0.495 e. The van der Waals surface area contributed by atoms with Crippen molar-refractivity contribution in [3.05, 3.63) is 65.2 Å². The summed E-state index contributed by atoms with van der Waals surface area (Å²) < 4.78 is 47.8. The van der Waals surface area contributed by atoms with Crippen LogP contribution in [0.2, 0.25) is 0 Å². The average molecular weight is 407 g/mol. The van der Waals surface area contributed by atoms with Gasteiger partial charge in [0.15, 0.2) is 6.10 Å². The van der Waals surface area contributed by atoms with Crippen LogP contribution in [0.5, 0.6) is 5.75 Å². The number of nitrogens with one attached hydrogen (secondary N) is 1. The molecule has 0 fully saturated rings. The van der Waals surface area contributed by atoms with Crippen LogP contribution >= 0.6 is 0 Å². The number of esters is 1. The molecular formula is C21H20F3NO4. The van der Waals surface area contributed by atoms with E-state index in [9.17, 15) is 22.8 Å². The first-order chi connectivity index (χ1) is 13.6. The summed E-state index contributed by atoms with van der Waals surface area (Å²) in [5.74, 6) is -0.890. The second-order valence-corrected chi connectivity index (χ2v) is 6.23. The van der Waals surface area contributed by atoms with E-state index in [0.29, 0.717) is 17.0 Å². The highest BCUT2D eigenvalue weighted by atomic mass is 19.4. The minimum atomic E-state index is -4.43. The predicted molar refractivity (Wildman–Crippen MR) is 102 cm³/mol. The van der Waals surface area contributed by atoms with Crippen LogP contribution in [0.3, 0.4) is 0 Å². The number of carbonyl (C=O) groups is 2. The maximum absolute atomic E-state index is 12.5. The van der Waals surface area contributed by atoms with Crippen LogP contribution in [-0.4, -0.2) is 25.1 Å². The monoisotopic (exact) mass is 407 g/mol. The lowest BCUT2D eigenvalue weighted by molar-refractivity contribution is -0.148. The summed E-state index contributed by atoms with van der Waals surface area (Å²) in [6, 6.07) is 9.53. The Hall–Kier alpha value is -3.29. The Morgan fingerprint density at radius 2 is 1.76 bits per heavy atom. The lowest BCUT2D eigenvalue weighted by Gasteiger charge is -2.15. The average Bonchev–Trinajstić information content (AvgIpc) is 2.66. The molecule has 154 valence electrons. The highest BCUT2D eigenvalue weighted by Crippen LogP contribution is 2.29. The van der Waals surface area contributed by atoms with E-state index < -0.39 is 29.7 Å². The van der Waals surface area contributed by atoms with E-state index in [2.05, 4.69) is 5.32 Å². The van der Waals surface area contributed by atoms with Crippen molar-refractivity contribution < 1.29 is 32.2 Å². The molecule has 2 aromatic rings. The van der Waals surface area contributed by atoms with Gasteiger partial charge in [0.1, 0.15) is 5.75 Å². The van der Waals surface area contributed by atoms with Crippen molar-refractivity contribution in [3.8, 4) is 5.75 Å². The molecule has 29 heavy (non-hydrogen) atoms. The first kappa shape index (κ1) is 22.0. The number of carbonyl (C=O) groups excluding carboxylic acids is 2. The number of amides is 1. The predicted octanol–water partition coefficient (Wildman–Crippen LogP) is 4.61. The van der Waals surface area contributed by atoms with Gasteiger partial charge in [0.25, 0.3) is 5.91 Å². The fraction of sp³-hybridized carbons (Fsp3) is 0.238. The number of alkyl halides is 3. The molecule has 2 rings (SSSR count). The van der Waals surface area contributed by atoms with Gasteiger partial charge in [-0.15, -0.1) is 0 Å². The molecule has 0 aromatic heterocycles. The summed E-state index contributed by atoms with van der Waals surface area (Å²) in [4.78, 5) is 24.2. The lowest BCUT2D eigenvalue weighted by atomic mass is 10.1. The molecule has 2 aromatic carbocycles. The minimum Gasteiger partial charge on any atom is -0.495 e. The highest BCUT2D eigenvalue weighted by Gasteiger charge is 2.29. The summed E-state index contributed by atoms with van der Waals surface area (Å²) in [6.45, 7) is 3.26.